The lowest BCUT2D eigenvalue weighted by molar-refractivity contribution is -0.136. The number of imide groups is 2. The lowest BCUT2D eigenvalue weighted by Gasteiger charge is -2.34. The third kappa shape index (κ3) is 10.9. The Kier molecular flexibility index (Phi) is 15.2. The van der Waals surface area contributed by atoms with Crippen LogP contribution in [0.25, 0.3) is 32.8 Å². The molecule has 4 aliphatic rings. The van der Waals surface area contributed by atoms with Crippen LogP contribution in [0.1, 0.15) is 65.7 Å². The standard InChI is InChI=1S/C51H60ClFN10O6/c1-59(18-6-7-21-61-26-24-60(25-27-61)20-5-4-15-55-34-11-12-37-39(30-34)50(68)63(49(37)67)42-13-14-43(65)56-48(42)66)19-8-28-69-51-57-46-40(47(58-51)62-22-16-54-17-23-62)32-41(52)44(45(46)53)38-31-35(64)29-33-9-2-3-10-36(33)38/h2-3,9-12,29-32,42,54-55,64H,4-8,13-28H2,1H3,(H,56,65,66). The Morgan fingerprint density at radius 2 is 1.55 bits per heavy atom. The number of nitrogens with one attached hydrogen (secondary N) is 3. The van der Waals surface area contributed by atoms with Gasteiger partial charge in [0.05, 0.1) is 22.8 Å². The molecule has 9 rings (SSSR count). The van der Waals surface area contributed by atoms with Crippen LogP contribution in [0.15, 0.2) is 60.7 Å². The van der Waals surface area contributed by atoms with Gasteiger partial charge in [-0.1, -0.05) is 35.9 Å². The van der Waals surface area contributed by atoms with Crippen LogP contribution in [-0.4, -0.2) is 163 Å². The molecule has 4 aromatic carbocycles. The fraction of sp³-hybridized carbons (Fsp3) is 0.451. The van der Waals surface area contributed by atoms with Crippen molar-refractivity contribution >= 4 is 68.4 Å². The first-order chi connectivity index (χ1) is 33.5. The second kappa shape index (κ2) is 21.8. The van der Waals surface area contributed by atoms with Crippen molar-refractivity contribution in [3.8, 4) is 22.9 Å². The van der Waals surface area contributed by atoms with Crippen LogP contribution in [-0.2, 0) is 9.59 Å². The average molecular weight is 964 g/mol. The lowest BCUT2D eigenvalue weighted by Crippen LogP contribution is -2.54. The first-order valence-electron chi connectivity index (χ1n) is 24.3. The number of hydrogen-bond acceptors (Lipinski definition) is 14. The molecule has 0 bridgehead atoms. The van der Waals surface area contributed by atoms with E-state index in [0.717, 1.165) is 125 Å². The maximum absolute atomic E-state index is 16.8. The molecule has 0 saturated carbocycles. The molecule has 0 aliphatic carbocycles. The monoisotopic (exact) mass is 962 g/mol. The van der Waals surface area contributed by atoms with Crippen molar-refractivity contribution in [1.29, 1.82) is 0 Å². The third-order valence-electron chi connectivity index (χ3n) is 13.7. The van der Waals surface area contributed by atoms with E-state index in [2.05, 4.69) is 47.6 Å². The third-order valence-corrected chi connectivity index (χ3v) is 14.0. The molecule has 69 heavy (non-hydrogen) atoms. The molecule has 1 aromatic heterocycles. The van der Waals surface area contributed by atoms with E-state index in [1.54, 1.807) is 36.4 Å². The van der Waals surface area contributed by atoms with Gasteiger partial charge >= 0.3 is 6.01 Å². The lowest BCUT2D eigenvalue weighted by atomic mass is 9.96. The largest absolute Gasteiger partial charge is 0.508 e. The van der Waals surface area contributed by atoms with Crippen molar-refractivity contribution < 1.29 is 33.4 Å². The average Bonchev–Trinajstić information content (AvgIpc) is 3.59. The molecule has 1 atom stereocenters. The predicted molar refractivity (Wildman–Crippen MR) is 265 cm³/mol. The molecule has 4 aliphatic heterocycles. The summed E-state index contributed by atoms with van der Waals surface area (Å²) in [5, 5.41) is 21.8. The molecule has 16 nitrogen and oxygen atoms in total. The number of amides is 4. The van der Waals surface area contributed by atoms with Gasteiger partial charge in [-0.05, 0) is 118 Å². The number of rotatable bonds is 19. The van der Waals surface area contributed by atoms with E-state index < -0.39 is 35.5 Å². The Hall–Kier alpha value is -5.98. The summed E-state index contributed by atoms with van der Waals surface area (Å²) in [4.78, 5) is 70.0. The highest BCUT2D eigenvalue weighted by Crippen LogP contribution is 2.42. The minimum atomic E-state index is -0.974. The Labute approximate surface area is 406 Å². The molecule has 18 heteroatoms. The molecular weight excluding hydrogens is 903 g/mol. The van der Waals surface area contributed by atoms with Crippen molar-refractivity contribution in [2.24, 2.45) is 0 Å². The summed E-state index contributed by atoms with van der Waals surface area (Å²) >= 11 is 6.87. The van der Waals surface area contributed by atoms with Crippen molar-refractivity contribution in [2.45, 2.75) is 51.0 Å². The number of phenols is 1. The number of benzene rings is 4. The summed E-state index contributed by atoms with van der Waals surface area (Å²) in [5.41, 5.74) is 2.10. The van der Waals surface area contributed by atoms with Gasteiger partial charge in [0.15, 0.2) is 5.82 Å². The Bertz CT molecular complexity index is 2730. The minimum Gasteiger partial charge on any atom is -0.508 e. The predicted octanol–water partition coefficient (Wildman–Crippen LogP) is 5.75. The van der Waals surface area contributed by atoms with Gasteiger partial charge in [0.25, 0.3) is 11.8 Å². The summed E-state index contributed by atoms with van der Waals surface area (Å²) in [5.74, 6) is -1.99. The number of phenolic OH excluding ortho intramolecular Hbond substituents is 1. The zero-order valence-electron chi connectivity index (χ0n) is 39.1. The van der Waals surface area contributed by atoms with Crippen LogP contribution in [0.4, 0.5) is 15.9 Å². The number of ether oxygens (including phenoxy) is 1. The van der Waals surface area contributed by atoms with E-state index in [0.29, 0.717) is 36.5 Å². The Morgan fingerprint density at radius 1 is 0.826 bits per heavy atom. The molecule has 4 N–H and O–H groups in total. The van der Waals surface area contributed by atoms with Crippen LogP contribution in [0.3, 0.4) is 0 Å². The maximum atomic E-state index is 16.8. The summed E-state index contributed by atoms with van der Waals surface area (Å²) < 4.78 is 23.0. The molecule has 5 aromatic rings. The molecule has 3 fully saturated rings. The topological polar surface area (TPSA) is 176 Å². The number of unbranched alkanes of at least 4 members (excludes halogenated alkanes) is 2. The summed E-state index contributed by atoms with van der Waals surface area (Å²) in [6, 6.07) is 16.7. The van der Waals surface area contributed by atoms with Gasteiger partial charge in [0.1, 0.15) is 23.1 Å². The number of anilines is 2. The number of piperidine rings is 1. The zero-order valence-corrected chi connectivity index (χ0v) is 39.8. The first kappa shape index (κ1) is 48.1. The summed E-state index contributed by atoms with van der Waals surface area (Å²) in [6.07, 6.45) is 5.19. The number of aromatic nitrogens is 2. The van der Waals surface area contributed by atoms with E-state index in [9.17, 15) is 24.3 Å². The number of fused-ring (bicyclic) bond motifs is 3. The van der Waals surface area contributed by atoms with Crippen LogP contribution < -0.4 is 25.6 Å². The normalized spacial score (nSPS) is 18.2. The van der Waals surface area contributed by atoms with Gasteiger partial charge in [0.2, 0.25) is 11.8 Å². The number of aromatic hydroxyl groups is 1. The second-order valence-electron chi connectivity index (χ2n) is 18.5. The quantitative estimate of drug-likeness (QED) is 0.0582. The molecule has 3 saturated heterocycles. The van der Waals surface area contributed by atoms with Crippen molar-refractivity contribution in [2.75, 3.05) is 109 Å². The van der Waals surface area contributed by atoms with E-state index in [1.807, 2.05) is 24.3 Å². The zero-order chi connectivity index (χ0) is 48.0. The number of carbonyl (C=O) groups is 4. The van der Waals surface area contributed by atoms with Crippen LogP contribution in [0.5, 0.6) is 11.8 Å². The SMILES string of the molecule is CN(CCCCN1CCN(CCCCNc2ccc3c(c2)C(=O)N(C2CCC(=O)NC2=O)C3=O)CC1)CCCOc1nc(N2CCNCC2)c2cc(Cl)c(-c3cc(O)cc4ccccc34)c(F)c2n1. The Morgan fingerprint density at radius 3 is 2.32 bits per heavy atom. The number of carbonyl (C=O) groups excluding carboxylic acids is 4. The van der Waals surface area contributed by atoms with E-state index in [-0.39, 0.29) is 51.8 Å². The Balaban J connectivity index is 0.679. The van der Waals surface area contributed by atoms with Gasteiger partial charge in [-0.25, -0.2) is 4.39 Å². The molecule has 0 spiro atoms. The van der Waals surface area contributed by atoms with Gasteiger partial charge in [-0.2, -0.15) is 9.97 Å². The highest BCUT2D eigenvalue weighted by molar-refractivity contribution is 6.35. The van der Waals surface area contributed by atoms with E-state index >= 15 is 4.39 Å². The molecule has 364 valence electrons. The molecule has 0 radical (unpaired) electrons. The van der Waals surface area contributed by atoms with Gasteiger partial charge in [0, 0.05) is 88.5 Å². The highest BCUT2D eigenvalue weighted by Gasteiger charge is 2.44. The first-order valence-corrected chi connectivity index (χ1v) is 24.6. The maximum Gasteiger partial charge on any atom is 0.319 e. The fourth-order valence-corrected chi connectivity index (χ4v) is 10.2. The highest BCUT2D eigenvalue weighted by atomic mass is 35.5. The molecule has 1 unspecified atom stereocenters. The van der Waals surface area contributed by atoms with Crippen molar-refractivity contribution in [1.82, 2.24) is 40.2 Å². The summed E-state index contributed by atoms with van der Waals surface area (Å²) in [6.45, 7) is 12.2. The van der Waals surface area contributed by atoms with Crippen LogP contribution in [0, 0.1) is 5.82 Å². The number of nitrogens with zero attached hydrogens (tertiary/aromatic N) is 7. The van der Waals surface area contributed by atoms with E-state index in [1.165, 1.54) is 0 Å². The number of piperazine rings is 2. The minimum absolute atomic E-state index is 0.0188. The molecular formula is C51H60ClFN10O6. The van der Waals surface area contributed by atoms with Crippen molar-refractivity contribution in [3.05, 3.63) is 82.6 Å². The summed E-state index contributed by atoms with van der Waals surface area (Å²) in [7, 11) is 2.13. The smallest absolute Gasteiger partial charge is 0.319 e. The number of halogens is 2. The number of hydrogen-bond donors (Lipinski definition) is 4. The fourth-order valence-electron chi connectivity index (χ4n) is 9.93. The van der Waals surface area contributed by atoms with Crippen LogP contribution in [0.2, 0.25) is 5.02 Å². The van der Waals surface area contributed by atoms with Gasteiger partial charge < -0.3 is 40.1 Å². The van der Waals surface area contributed by atoms with Gasteiger partial charge in [-0.15, -0.1) is 0 Å². The molecule has 4 amide bonds. The van der Waals surface area contributed by atoms with Crippen molar-refractivity contribution in [3.63, 3.8) is 0 Å². The molecule has 5 heterocycles. The van der Waals surface area contributed by atoms with Gasteiger partial charge in [-0.3, -0.25) is 29.4 Å². The van der Waals surface area contributed by atoms with E-state index in [4.69, 9.17) is 21.3 Å². The van der Waals surface area contributed by atoms with Crippen LogP contribution >= 0.6 is 11.6 Å². The second-order valence-corrected chi connectivity index (χ2v) is 18.9.